The van der Waals surface area contributed by atoms with Gasteiger partial charge in [0.2, 0.25) is 0 Å². The van der Waals surface area contributed by atoms with Crippen LogP contribution in [-0.4, -0.2) is 23.1 Å². The van der Waals surface area contributed by atoms with E-state index in [-0.39, 0.29) is 18.2 Å². The van der Waals surface area contributed by atoms with Gasteiger partial charge in [-0.1, -0.05) is 12.1 Å². The predicted octanol–water partition coefficient (Wildman–Crippen LogP) is 5.69. The van der Waals surface area contributed by atoms with Gasteiger partial charge in [0.25, 0.3) is 11.6 Å². The second-order valence-electron chi connectivity index (χ2n) is 7.87. The zero-order valence-electron chi connectivity index (χ0n) is 19.4. The second kappa shape index (κ2) is 10.4. The molecule has 1 N–H and O–H groups in total. The highest BCUT2D eigenvalue weighted by atomic mass is 32.2. The Bertz CT molecular complexity index is 1350. The molecule has 35 heavy (non-hydrogen) atoms. The van der Waals surface area contributed by atoms with E-state index < -0.39 is 4.92 Å². The number of ether oxygens (including phenoxy) is 2. The van der Waals surface area contributed by atoms with E-state index in [0.717, 1.165) is 22.4 Å². The first-order valence-corrected chi connectivity index (χ1v) is 11.5. The van der Waals surface area contributed by atoms with Crippen LogP contribution in [0.2, 0.25) is 0 Å². The number of carbonyl (C=O) groups is 1. The fraction of sp³-hybridized carbons (Fsp3) is 0.154. The van der Waals surface area contributed by atoms with Crippen LogP contribution in [0.15, 0.2) is 70.6 Å². The number of nitro benzene ring substituents is 1. The van der Waals surface area contributed by atoms with E-state index in [1.165, 1.54) is 36.6 Å². The van der Waals surface area contributed by atoms with Crippen molar-refractivity contribution in [2.45, 2.75) is 20.5 Å². The summed E-state index contributed by atoms with van der Waals surface area (Å²) in [6, 6.07) is 17.5. The number of hydrogen-bond acceptors (Lipinski definition) is 7. The highest BCUT2D eigenvalue weighted by molar-refractivity contribution is 8.18. The average molecular weight is 490 g/mol. The van der Waals surface area contributed by atoms with Crippen molar-refractivity contribution in [2.75, 3.05) is 7.11 Å². The maximum absolute atomic E-state index is 12.5. The summed E-state index contributed by atoms with van der Waals surface area (Å²) in [7, 11) is 1.54. The lowest BCUT2D eigenvalue weighted by atomic mass is 10.1. The largest absolute Gasteiger partial charge is 0.493 e. The topological polar surface area (TPSA) is 103 Å². The third-order valence-electron chi connectivity index (χ3n) is 5.40. The van der Waals surface area contributed by atoms with Crippen molar-refractivity contribution in [1.29, 1.82) is 0 Å². The first-order chi connectivity index (χ1) is 16.8. The molecule has 0 saturated carbocycles. The maximum atomic E-state index is 12.5. The molecule has 0 unspecified atom stereocenters. The Kier molecular flexibility index (Phi) is 7.17. The summed E-state index contributed by atoms with van der Waals surface area (Å²) in [5.41, 5.74) is 4.70. The summed E-state index contributed by atoms with van der Waals surface area (Å²) in [5, 5.41) is 14.1. The van der Waals surface area contributed by atoms with Gasteiger partial charge in [-0.3, -0.25) is 14.9 Å². The number of non-ortho nitro benzene ring substituents is 1. The van der Waals surface area contributed by atoms with Crippen molar-refractivity contribution >= 4 is 40.3 Å². The second-order valence-corrected chi connectivity index (χ2v) is 8.90. The number of aryl methyl sites for hydroxylation is 2. The molecule has 1 amide bonds. The third-order valence-corrected chi connectivity index (χ3v) is 6.31. The van der Waals surface area contributed by atoms with Crippen molar-refractivity contribution in [3.05, 3.63) is 97.9 Å². The van der Waals surface area contributed by atoms with Crippen LogP contribution in [0, 0.1) is 24.0 Å². The Morgan fingerprint density at radius 3 is 2.49 bits per heavy atom. The van der Waals surface area contributed by atoms with Crippen LogP contribution in [0.5, 0.6) is 11.5 Å². The number of carbonyl (C=O) groups excluding carboxylic acids is 1. The van der Waals surface area contributed by atoms with Gasteiger partial charge in [-0.25, -0.2) is 4.99 Å². The number of methoxy groups -OCH3 is 1. The van der Waals surface area contributed by atoms with E-state index in [0.29, 0.717) is 21.6 Å². The molecule has 178 valence electrons. The van der Waals surface area contributed by atoms with E-state index in [1.54, 1.807) is 30.3 Å². The fourth-order valence-corrected chi connectivity index (χ4v) is 4.15. The van der Waals surface area contributed by atoms with Gasteiger partial charge in [-0.05, 0) is 90.3 Å². The number of amides is 1. The van der Waals surface area contributed by atoms with Crippen LogP contribution < -0.4 is 14.8 Å². The summed E-state index contributed by atoms with van der Waals surface area (Å²) in [5.74, 6) is 0.817. The molecule has 0 aliphatic carbocycles. The molecule has 1 heterocycles. The van der Waals surface area contributed by atoms with Crippen LogP contribution >= 0.6 is 11.8 Å². The summed E-state index contributed by atoms with van der Waals surface area (Å²) in [6.07, 6.45) is 1.77. The number of nitrogens with one attached hydrogen (secondary N) is 1. The molecule has 0 radical (unpaired) electrons. The van der Waals surface area contributed by atoms with E-state index in [4.69, 9.17) is 9.47 Å². The Hall–Kier alpha value is -4.11. The highest BCUT2D eigenvalue weighted by Crippen LogP contribution is 2.33. The van der Waals surface area contributed by atoms with Gasteiger partial charge >= 0.3 is 0 Å². The first-order valence-electron chi connectivity index (χ1n) is 10.7. The lowest BCUT2D eigenvalue weighted by Crippen LogP contribution is -2.19. The molecular formula is C26H23N3O5S. The molecule has 0 spiro atoms. The molecule has 1 fully saturated rings. The third kappa shape index (κ3) is 5.88. The Labute approximate surface area is 206 Å². The van der Waals surface area contributed by atoms with Crippen LogP contribution in [0.3, 0.4) is 0 Å². The van der Waals surface area contributed by atoms with Crippen LogP contribution in [-0.2, 0) is 11.4 Å². The van der Waals surface area contributed by atoms with Gasteiger partial charge in [0.15, 0.2) is 16.7 Å². The lowest BCUT2D eigenvalue weighted by molar-refractivity contribution is -0.384. The number of nitrogens with zero attached hydrogens (tertiary/aromatic N) is 2. The summed E-state index contributed by atoms with van der Waals surface area (Å²) < 4.78 is 11.3. The van der Waals surface area contributed by atoms with E-state index in [9.17, 15) is 14.9 Å². The number of rotatable bonds is 7. The minimum absolute atomic E-state index is 0.0275. The van der Waals surface area contributed by atoms with Crippen molar-refractivity contribution in [3.8, 4) is 11.5 Å². The standard InChI is InChI=1S/C26H23N3O5S/c1-16-4-8-20(12-17(16)2)27-26-28-25(30)24(35-26)14-19-7-11-22(23(13-19)33-3)34-15-18-5-9-21(10-6-18)29(31)32/h4-14H,15H2,1-3H3,(H,27,28,30)/b24-14-. The molecule has 4 rings (SSSR count). The molecule has 0 aromatic heterocycles. The number of aliphatic imine (C=N–C) groups is 1. The number of benzene rings is 3. The number of hydrogen-bond donors (Lipinski definition) is 1. The summed E-state index contributed by atoms with van der Waals surface area (Å²) in [4.78, 5) is 27.9. The number of thioether (sulfide) groups is 1. The van der Waals surface area contributed by atoms with Crippen molar-refractivity contribution in [2.24, 2.45) is 4.99 Å². The maximum Gasteiger partial charge on any atom is 0.269 e. The van der Waals surface area contributed by atoms with Gasteiger partial charge in [0, 0.05) is 12.1 Å². The number of amidine groups is 1. The fourth-order valence-electron chi connectivity index (χ4n) is 3.31. The monoisotopic (exact) mass is 489 g/mol. The minimum atomic E-state index is -0.442. The van der Waals surface area contributed by atoms with Gasteiger partial charge in [0.1, 0.15) is 6.61 Å². The van der Waals surface area contributed by atoms with Crippen molar-refractivity contribution in [3.63, 3.8) is 0 Å². The Morgan fingerprint density at radius 2 is 1.80 bits per heavy atom. The van der Waals surface area contributed by atoms with Crippen molar-refractivity contribution < 1.29 is 19.2 Å². The smallest absolute Gasteiger partial charge is 0.269 e. The zero-order valence-corrected chi connectivity index (χ0v) is 20.2. The molecule has 0 bridgehead atoms. The van der Waals surface area contributed by atoms with Crippen LogP contribution in [0.1, 0.15) is 22.3 Å². The summed E-state index contributed by atoms with van der Waals surface area (Å²) in [6.45, 7) is 4.29. The summed E-state index contributed by atoms with van der Waals surface area (Å²) >= 11 is 1.28. The van der Waals surface area contributed by atoms with E-state index in [2.05, 4.69) is 10.3 Å². The van der Waals surface area contributed by atoms with E-state index in [1.807, 2.05) is 38.1 Å². The zero-order chi connectivity index (χ0) is 24.9. The average Bonchev–Trinajstić information content (AvgIpc) is 3.18. The molecule has 3 aromatic rings. The van der Waals surface area contributed by atoms with Gasteiger partial charge < -0.3 is 14.8 Å². The Balaban J connectivity index is 1.46. The normalized spacial score (nSPS) is 15.3. The molecule has 9 heteroatoms. The predicted molar refractivity (Wildman–Crippen MR) is 137 cm³/mol. The van der Waals surface area contributed by atoms with Gasteiger partial charge in [-0.15, -0.1) is 0 Å². The molecule has 0 atom stereocenters. The molecule has 1 saturated heterocycles. The van der Waals surface area contributed by atoms with Gasteiger partial charge in [-0.2, -0.15) is 0 Å². The highest BCUT2D eigenvalue weighted by Gasteiger charge is 2.24. The first kappa shape index (κ1) is 24.0. The molecule has 8 nitrogen and oxygen atoms in total. The van der Waals surface area contributed by atoms with Crippen LogP contribution in [0.4, 0.5) is 11.4 Å². The lowest BCUT2D eigenvalue weighted by Gasteiger charge is -2.11. The Morgan fingerprint density at radius 1 is 1.03 bits per heavy atom. The van der Waals surface area contributed by atoms with Crippen LogP contribution in [0.25, 0.3) is 6.08 Å². The minimum Gasteiger partial charge on any atom is -0.493 e. The van der Waals surface area contributed by atoms with Gasteiger partial charge in [0.05, 0.1) is 22.6 Å². The molecule has 1 aliphatic heterocycles. The van der Waals surface area contributed by atoms with E-state index >= 15 is 0 Å². The molecule has 1 aliphatic rings. The van der Waals surface area contributed by atoms with Crippen molar-refractivity contribution in [1.82, 2.24) is 5.32 Å². The SMILES string of the molecule is COc1cc(/C=C2\SC(=Nc3ccc(C)c(C)c3)NC2=O)ccc1OCc1ccc([N+](=O)[O-])cc1. The quantitative estimate of drug-likeness (QED) is 0.260. The molecular weight excluding hydrogens is 466 g/mol. The number of nitro groups is 1. The molecule has 3 aromatic carbocycles.